The minimum absolute atomic E-state index is 0.238. The average Bonchev–Trinajstić information content (AvgIpc) is 2.47. The first-order chi connectivity index (χ1) is 9.99. The van der Waals surface area contributed by atoms with Gasteiger partial charge in [-0.2, -0.15) is 0 Å². The molecule has 0 aliphatic carbocycles. The van der Waals surface area contributed by atoms with Gasteiger partial charge in [0.2, 0.25) is 5.91 Å². The maximum Gasteiger partial charge on any atom is 0.339 e. The number of phenols is 1. The molecule has 0 heterocycles. The van der Waals surface area contributed by atoms with Crippen LogP contribution in [-0.2, 0) is 4.79 Å². The van der Waals surface area contributed by atoms with Crippen molar-refractivity contribution in [1.29, 1.82) is 0 Å². The highest BCUT2D eigenvalue weighted by molar-refractivity contribution is 6.32. The Morgan fingerprint density at radius 2 is 1.76 bits per heavy atom. The predicted molar refractivity (Wildman–Crippen MR) is 78.7 cm³/mol. The molecule has 0 spiro atoms. The average molecular weight is 306 g/mol. The van der Waals surface area contributed by atoms with E-state index in [2.05, 4.69) is 5.32 Å². The number of carbonyl (C=O) groups is 2. The topological polar surface area (TPSA) is 86.6 Å². The summed E-state index contributed by atoms with van der Waals surface area (Å²) in [6.07, 6.45) is 0. The van der Waals surface area contributed by atoms with E-state index in [4.69, 9.17) is 16.7 Å². The molecule has 0 aromatic heterocycles. The second-order valence-electron chi connectivity index (χ2n) is 4.30. The first kappa shape index (κ1) is 14.9. The lowest BCUT2D eigenvalue weighted by molar-refractivity contribution is -0.116. The Labute approximate surface area is 125 Å². The number of carboxylic acid groups (broad SMARTS) is 1. The molecular weight excluding hydrogens is 294 g/mol. The Balaban J connectivity index is 2.13. The van der Waals surface area contributed by atoms with Crippen LogP contribution in [0.4, 0.5) is 5.69 Å². The van der Waals surface area contributed by atoms with Crippen molar-refractivity contribution in [2.24, 2.45) is 0 Å². The summed E-state index contributed by atoms with van der Waals surface area (Å²) in [5, 5.41) is 20.0. The van der Waals surface area contributed by atoms with Crippen LogP contribution in [0.2, 0.25) is 0 Å². The van der Waals surface area contributed by atoms with Crippen molar-refractivity contribution in [2.75, 3.05) is 5.32 Å². The van der Waals surface area contributed by atoms with Gasteiger partial charge in [-0.05, 0) is 17.7 Å². The highest BCUT2D eigenvalue weighted by atomic mass is 35.5. The summed E-state index contributed by atoms with van der Waals surface area (Å²) in [5.74, 6) is -2.14. The van der Waals surface area contributed by atoms with Gasteiger partial charge in [0.1, 0.15) is 16.7 Å². The summed E-state index contributed by atoms with van der Waals surface area (Å²) in [6.45, 7) is 0. The molecule has 1 unspecified atom stereocenters. The van der Waals surface area contributed by atoms with Crippen LogP contribution in [0.25, 0.3) is 0 Å². The van der Waals surface area contributed by atoms with E-state index in [0.29, 0.717) is 5.56 Å². The van der Waals surface area contributed by atoms with Crippen LogP contribution >= 0.6 is 11.6 Å². The quantitative estimate of drug-likeness (QED) is 0.758. The van der Waals surface area contributed by atoms with Crippen LogP contribution in [0.5, 0.6) is 5.75 Å². The normalized spacial score (nSPS) is 11.7. The van der Waals surface area contributed by atoms with Crippen LogP contribution < -0.4 is 5.32 Å². The molecule has 21 heavy (non-hydrogen) atoms. The molecular formula is C15H12ClNO4. The van der Waals surface area contributed by atoms with Crippen molar-refractivity contribution >= 4 is 29.2 Å². The standard InChI is InChI=1S/C15H12ClNO4/c16-13(9-4-2-1-3-5-9)14(19)17-10-6-7-11(15(20)21)12(18)8-10/h1-8,13,18H,(H,17,19)(H,20,21). The lowest BCUT2D eigenvalue weighted by Crippen LogP contribution is -2.17. The van der Waals surface area contributed by atoms with E-state index in [9.17, 15) is 14.7 Å². The number of rotatable bonds is 4. The second-order valence-corrected chi connectivity index (χ2v) is 4.74. The first-order valence-corrected chi connectivity index (χ1v) is 6.49. The van der Waals surface area contributed by atoms with E-state index in [0.717, 1.165) is 6.07 Å². The van der Waals surface area contributed by atoms with Gasteiger partial charge in [-0.1, -0.05) is 30.3 Å². The zero-order valence-corrected chi connectivity index (χ0v) is 11.5. The van der Waals surface area contributed by atoms with Gasteiger partial charge in [0.25, 0.3) is 0 Å². The number of aromatic carboxylic acids is 1. The lowest BCUT2D eigenvalue weighted by Gasteiger charge is -2.11. The summed E-state index contributed by atoms with van der Waals surface area (Å²) < 4.78 is 0. The summed E-state index contributed by atoms with van der Waals surface area (Å²) in [5.41, 5.74) is 0.672. The van der Waals surface area contributed by atoms with Crippen LogP contribution in [0.3, 0.4) is 0 Å². The van der Waals surface area contributed by atoms with Crippen LogP contribution in [0.15, 0.2) is 48.5 Å². The van der Waals surface area contributed by atoms with E-state index in [1.54, 1.807) is 24.3 Å². The van der Waals surface area contributed by atoms with E-state index in [1.165, 1.54) is 12.1 Å². The third-order valence-corrected chi connectivity index (χ3v) is 3.27. The molecule has 0 bridgehead atoms. The zero-order valence-electron chi connectivity index (χ0n) is 10.8. The van der Waals surface area contributed by atoms with Crippen molar-refractivity contribution in [3.8, 4) is 5.75 Å². The Hall–Kier alpha value is -2.53. The SMILES string of the molecule is O=C(O)c1ccc(NC(=O)C(Cl)c2ccccc2)cc1O. The van der Waals surface area contributed by atoms with Crippen molar-refractivity contribution in [3.63, 3.8) is 0 Å². The van der Waals surface area contributed by atoms with Gasteiger partial charge in [-0.15, -0.1) is 11.6 Å². The molecule has 0 saturated heterocycles. The number of hydrogen-bond acceptors (Lipinski definition) is 3. The van der Waals surface area contributed by atoms with Gasteiger partial charge >= 0.3 is 5.97 Å². The highest BCUT2D eigenvalue weighted by Gasteiger charge is 2.18. The summed E-state index contributed by atoms with van der Waals surface area (Å²) in [6, 6.07) is 12.6. The fraction of sp³-hybridized carbons (Fsp3) is 0.0667. The Morgan fingerprint density at radius 3 is 2.33 bits per heavy atom. The van der Waals surface area contributed by atoms with Crippen molar-refractivity contribution in [2.45, 2.75) is 5.38 Å². The monoisotopic (exact) mass is 305 g/mol. The highest BCUT2D eigenvalue weighted by Crippen LogP contribution is 2.25. The molecule has 0 radical (unpaired) electrons. The molecule has 0 aliphatic rings. The zero-order chi connectivity index (χ0) is 15.4. The summed E-state index contributed by atoms with van der Waals surface area (Å²) >= 11 is 6.06. The Bertz CT molecular complexity index is 673. The molecule has 2 aromatic rings. The maximum absolute atomic E-state index is 12.0. The van der Waals surface area contributed by atoms with E-state index in [-0.39, 0.29) is 11.3 Å². The number of halogens is 1. The third kappa shape index (κ3) is 3.52. The first-order valence-electron chi connectivity index (χ1n) is 6.05. The number of hydrogen-bond donors (Lipinski definition) is 3. The molecule has 1 atom stereocenters. The molecule has 5 nitrogen and oxygen atoms in total. The minimum Gasteiger partial charge on any atom is -0.507 e. The number of carboxylic acids is 1. The van der Waals surface area contributed by atoms with Gasteiger partial charge in [0.05, 0.1) is 0 Å². The van der Waals surface area contributed by atoms with Gasteiger partial charge < -0.3 is 15.5 Å². The number of anilines is 1. The van der Waals surface area contributed by atoms with Gasteiger partial charge in [-0.3, -0.25) is 4.79 Å². The van der Waals surface area contributed by atoms with E-state index >= 15 is 0 Å². The molecule has 0 saturated carbocycles. The van der Waals surface area contributed by atoms with Gasteiger partial charge in [0, 0.05) is 11.8 Å². The third-order valence-electron chi connectivity index (χ3n) is 2.82. The van der Waals surface area contributed by atoms with E-state index in [1.807, 2.05) is 6.07 Å². The number of benzene rings is 2. The smallest absolute Gasteiger partial charge is 0.339 e. The molecule has 0 aliphatic heterocycles. The summed E-state index contributed by atoms with van der Waals surface area (Å²) in [7, 11) is 0. The van der Waals surface area contributed by atoms with E-state index < -0.39 is 23.0 Å². The maximum atomic E-state index is 12.0. The lowest BCUT2D eigenvalue weighted by atomic mass is 10.1. The number of nitrogens with one attached hydrogen (secondary N) is 1. The van der Waals surface area contributed by atoms with Gasteiger partial charge in [0.15, 0.2) is 0 Å². The summed E-state index contributed by atoms with van der Waals surface area (Å²) in [4.78, 5) is 22.8. The molecule has 1 amide bonds. The van der Waals surface area contributed by atoms with Crippen LogP contribution in [0.1, 0.15) is 21.3 Å². The molecule has 3 N–H and O–H groups in total. The number of carbonyl (C=O) groups excluding carboxylic acids is 1. The number of amides is 1. The van der Waals surface area contributed by atoms with Crippen molar-refractivity contribution < 1.29 is 19.8 Å². The van der Waals surface area contributed by atoms with Crippen molar-refractivity contribution in [3.05, 3.63) is 59.7 Å². The molecule has 108 valence electrons. The Kier molecular flexibility index (Phi) is 4.45. The molecule has 2 aromatic carbocycles. The molecule has 0 fully saturated rings. The predicted octanol–water partition coefficient (Wildman–Crippen LogP) is 3.01. The fourth-order valence-corrected chi connectivity index (χ4v) is 1.97. The fourth-order valence-electron chi connectivity index (χ4n) is 1.77. The minimum atomic E-state index is -1.25. The number of aromatic hydroxyl groups is 1. The molecule has 6 heteroatoms. The Morgan fingerprint density at radius 1 is 1.10 bits per heavy atom. The van der Waals surface area contributed by atoms with Crippen LogP contribution in [0, 0.1) is 0 Å². The molecule has 2 rings (SSSR count). The second kappa shape index (κ2) is 6.28. The number of alkyl halides is 1. The van der Waals surface area contributed by atoms with Crippen molar-refractivity contribution in [1.82, 2.24) is 0 Å². The van der Waals surface area contributed by atoms with Gasteiger partial charge in [-0.25, -0.2) is 4.79 Å². The van der Waals surface area contributed by atoms with Crippen LogP contribution in [-0.4, -0.2) is 22.1 Å². The largest absolute Gasteiger partial charge is 0.507 e.